The molecule has 0 fully saturated rings. The van der Waals surface area contributed by atoms with E-state index in [0.717, 1.165) is 5.56 Å². The van der Waals surface area contributed by atoms with Crippen LogP contribution in [-0.2, 0) is 16.0 Å². The summed E-state index contributed by atoms with van der Waals surface area (Å²) in [5, 5.41) is 16.0. The van der Waals surface area contributed by atoms with Crippen LogP contribution >= 0.6 is 23.2 Å². The quantitative estimate of drug-likeness (QED) is 0.702. The maximum absolute atomic E-state index is 12.6. The summed E-state index contributed by atoms with van der Waals surface area (Å²) in [5.74, 6) is -0.587. The summed E-state index contributed by atoms with van der Waals surface area (Å²) in [6.45, 7) is 0. The van der Waals surface area contributed by atoms with Gasteiger partial charge < -0.3 is 20.5 Å². The van der Waals surface area contributed by atoms with Gasteiger partial charge in [-0.25, -0.2) is 4.79 Å². The number of rotatable bonds is 5. The predicted molar refractivity (Wildman–Crippen MR) is 104 cm³/mol. The first-order chi connectivity index (χ1) is 12.9. The van der Waals surface area contributed by atoms with Gasteiger partial charge in [-0.2, -0.15) is 0 Å². The van der Waals surface area contributed by atoms with Crippen molar-refractivity contribution in [2.45, 2.75) is 24.9 Å². The summed E-state index contributed by atoms with van der Waals surface area (Å²) in [4.78, 5) is 24.0. The number of hydrogen-bond acceptors (Lipinski definition) is 4. The lowest BCUT2D eigenvalue weighted by molar-refractivity contribution is -0.138. The van der Waals surface area contributed by atoms with E-state index in [2.05, 4.69) is 10.6 Å². The maximum atomic E-state index is 12.6. The number of carbonyl (C=O) groups is 2. The van der Waals surface area contributed by atoms with E-state index in [4.69, 9.17) is 27.9 Å². The first-order valence-electron chi connectivity index (χ1n) is 8.28. The van der Waals surface area contributed by atoms with Crippen molar-refractivity contribution in [1.29, 1.82) is 0 Å². The third-order valence-corrected chi connectivity index (χ3v) is 4.91. The second kappa shape index (κ2) is 8.06. The highest BCUT2D eigenvalue weighted by molar-refractivity contribution is 6.35. The molecule has 1 heterocycles. The molecular weight excluding hydrogens is 391 g/mol. The molecule has 2 aromatic rings. The second-order valence-corrected chi connectivity index (χ2v) is 7.11. The van der Waals surface area contributed by atoms with Crippen molar-refractivity contribution in [3.8, 4) is 5.75 Å². The summed E-state index contributed by atoms with van der Waals surface area (Å²) >= 11 is 12.3. The number of carboxylic acid groups (broad SMARTS) is 1. The van der Waals surface area contributed by atoms with E-state index < -0.39 is 18.1 Å². The lowest BCUT2D eigenvalue weighted by Gasteiger charge is -2.32. The van der Waals surface area contributed by atoms with Crippen LogP contribution < -0.4 is 15.4 Å². The molecule has 3 N–H and O–H groups in total. The van der Waals surface area contributed by atoms with E-state index in [1.807, 2.05) is 6.07 Å². The number of carboxylic acids is 1. The van der Waals surface area contributed by atoms with Crippen LogP contribution in [0.2, 0.25) is 10.0 Å². The monoisotopic (exact) mass is 408 g/mol. The van der Waals surface area contributed by atoms with Gasteiger partial charge in [0.2, 0.25) is 5.91 Å². The number of methoxy groups -OCH3 is 1. The second-order valence-electron chi connectivity index (χ2n) is 6.27. The molecule has 0 aromatic heterocycles. The number of carbonyl (C=O) groups excluding carboxylic acids is 1. The highest BCUT2D eigenvalue weighted by Gasteiger charge is 2.33. The van der Waals surface area contributed by atoms with Crippen molar-refractivity contribution in [1.82, 2.24) is 5.32 Å². The Hall–Kier alpha value is -2.44. The van der Waals surface area contributed by atoms with Crippen LogP contribution in [0.5, 0.6) is 5.75 Å². The predicted octanol–water partition coefficient (Wildman–Crippen LogP) is 3.67. The highest BCUT2D eigenvalue weighted by atomic mass is 35.5. The summed E-state index contributed by atoms with van der Waals surface area (Å²) in [6.07, 6.45) is 0.312. The zero-order valence-corrected chi connectivity index (χ0v) is 16.0. The minimum atomic E-state index is -1.01. The van der Waals surface area contributed by atoms with Gasteiger partial charge in [0.15, 0.2) is 0 Å². The van der Waals surface area contributed by atoms with Crippen molar-refractivity contribution >= 4 is 40.8 Å². The minimum Gasteiger partial charge on any atom is -0.497 e. The number of benzene rings is 2. The number of anilines is 1. The Morgan fingerprint density at radius 3 is 2.78 bits per heavy atom. The standard InChI is InChI=1S/C19H18Cl2N2O4/c1-27-12-4-2-3-10(5-12)6-17(24)23-15-9-16(19(25)26)22-14-8-11(20)7-13(21)18(14)15/h2-5,7-8,15-16,22H,6,9H2,1H3,(H,23,24)(H,25,26). The van der Waals surface area contributed by atoms with Gasteiger partial charge in [-0.1, -0.05) is 35.3 Å². The molecule has 0 saturated carbocycles. The maximum Gasteiger partial charge on any atom is 0.326 e. The largest absolute Gasteiger partial charge is 0.497 e. The van der Waals surface area contributed by atoms with Crippen LogP contribution in [0.3, 0.4) is 0 Å². The van der Waals surface area contributed by atoms with Gasteiger partial charge in [0, 0.05) is 27.7 Å². The average molecular weight is 409 g/mol. The van der Waals surface area contributed by atoms with Gasteiger partial charge in [-0.15, -0.1) is 0 Å². The molecular formula is C19H18Cl2N2O4. The molecule has 2 unspecified atom stereocenters. The number of fused-ring (bicyclic) bond motifs is 1. The van der Waals surface area contributed by atoms with E-state index in [9.17, 15) is 14.7 Å². The molecule has 0 radical (unpaired) electrons. The number of aliphatic carboxylic acids is 1. The highest BCUT2D eigenvalue weighted by Crippen LogP contribution is 2.39. The fourth-order valence-electron chi connectivity index (χ4n) is 3.17. The Labute approximate surface area is 166 Å². The zero-order valence-electron chi connectivity index (χ0n) is 14.5. The molecule has 6 nitrogen and oxygen atoms in total. The van der Waals surface area contributed by atoms with Crippen LogP contribution in [0.4, 0.5) is 5.69 Å². The number of halogens is 2. The lowest BCUT2D eigenvalue weighted by Crippen LogP contribution is -2.41. The Morgan fingerprint density at radius 2 is 2.07 bits per heavy atom. The number of amides is 1. The molecule has 27 heavy (non-hydrogen) atoms. The van der Waals surface area contributed by atoms with E-state index in [1.165, 1.54) is 0 Å². The van der Waals surface area contributed by atoms with Gasteiger partial charge in [0.1, 0.15) is 11.8 Å². The molecule has 2 atom stereocenters. The normalized spacial score (nSPS) is 18.2. The van der Waals surface area contributed by atoms with Gasteiger partial charge in [-0.3, -0.25) is 4.79 Å². The molecule has 142 valence electrons. The molecule has 1 aliphatic heterocycles. The van der Waals surface area contributed by atoms with Gasteiger partial charge >= 0.3 is 5.97 Å². The SMILES string of the molecule is COc1cccc(CC(=O)NC2CC(C(=O)O)Nc3cc(Cl)cc(Cl)c32)c1. The third-order valence-electron chi connectivity index (χ3n) is 4.38. The molecule has 2 aromatic carbocycles. The number of ether oxygens (including phenoxy) is 1. The van der Waals surface area contributed by atoms with E-state index in [-0.39, 0.29) is 18.7 Å². The first kappa shape index (κ1) is 19.3. The van der Waals surface area contributed by atoms with Crippen molar-refractivity contribution in [3.05, 3.63) is 57.6 Å². The fraction of sp³-hybridized carbons (Fsp3) is 0.263. The molecule has 0 bridgehead atoms. The van der Waals surface area contributed by atoms with E-state index in [0.29, 0.717) is 27.0 Å². The van der Waals surface area contributed by atoms with Crippen molar-refractivity contribution in [2.75, 3.05) is 12.4 Å². The Kier molecular flexibility index (Phi) is 5.77. The molecule has 8 heteroatoms. The Morgan fingerprint density at radius 1 is 1.30 bits per heavy atom. The zero-order chi connectivity index (χ0) is 19.6. The fourth-order valence-corrected chi connectivity index (χ4v) is 3.79. The average Bonchev–Trinajstić information content (AvgIpc) is 2.60. The van der Waals surface area contributed by atoms with Crippen LogP contribution in [-0.4, -0.2) is 30.1 Å². The smallest absolute Gasteiger partial charge is 0.326 e. The summed E-state index contributed by atoms with van der Waals surface area (Å²) in [5.41, 5.74) is 1.94. The van der Waals surface area contributed by atoms with Crippen LogP contribution in [0, 0.1) is 0 Å². The van der Waals surface area contributed by atoms with E-state index >= 15 is 0 Å². The molecule has 1 amide bonds. The van der Waals surface area contributed by atoms with Crippen molar-refractivity contribution in [3.63, 3.8) is 0 Å². The number of hydrogen-bond donors (Lipinski definition) is 3. The Balaban J connectivity index is 1.82. The summed E-state index contributed by atoms with van der Waals surface area (Å²) < 4.78 is 5.17. The van der Waals surface area contributed by atoms with Crippen LogP contribution in [0.25, 0.3) is 0 Å². The van der Waals surface area contributed by atoms with Gasteiger partial charge in [0.05, 0.1) is 19.6 Å². The topological polar surface area (TPSA) is 87.7 Å². The van der Waals surface area contributed by atoms with Gasteiger partial charge in [0.25, 0.3) is 0 Å². The molecule has 0 saturated heterocycles. The molecule has 0 aliphatic carbocycles. The Bertz CT molecular complexity index is 888. The van der Waals surface area contributed by atoms with Crippen LogP contribution in [0.15, 0.2) is 36.4 Å². The summed E-state index contributed by atoms with van der Waals surface area (Å²) in [6, 6.07) is 9.00. The van der Waals surface area contributed by atoms with Crippen molar-refractivity contribution < 1.29 is 19.4 Å². The molecule has 3 rings (SSSR count). The van der Waals surface area contributed by atoms with Gasteiger partial charge in [-0.05, 0) is 29.8 Å². The van der Waals surface area contributed by atoms with Crippen LogP contribution in [0.1, 0.15) is 23.6 Å². The minimum absolute atomic E-state index is 0.138. The third kappa shape index (κ3) is 4.46. The molecule has 1 aliphatic rings. The first-order valence-corrected chi connectivity index (χ1v) is 9.03. The lowest BCUT2D eigenvalue weighted by atomic mass is 9.92. The van der Waals surface area contributed by atoms with E-state index in [1.54, 1.807) is 37.4 Å². The summed E-state index contributed by atoms with van der Waals surface area (Å²) in [7, 11) is 1.56. The number of nitrogens with one attached hydrogen (secondary N) is 2. The molecule has 0 spiro atoms. The van der Waals surface area contributed by atoms with Crippen molar-refractivity contribution in [2.24, 2.45) is 0 Å².